The molecule has 0 aromatic heterocycles. The Morgan fingerprint density at radius 3 is 2.44 bits per heavy atom. The third kappa shape index (κ3) is 3.33. The van der Waals surface area contributed by atoms with E-state index < -0.39 is 17.6 Å². The molecule has 0 aliphatic carbocycles. The minimum absolute atomic E-state index is 0.0509. The minimum Gasteiger partial charge on any atom is -0.508 e. The zero-order valence-corrected chi connectivity index (χ0v) is 8.04. The van der Waals surface area contributed by atoms with Crippen molar-refractivity contribution < 1.29 is 24.9 Å². The van der Waals surface area contributed by atoms with Gasteiger partial charge < -0.3 is 20.6 Å². The zero-order valence-electron chi connectivity index (χ0n) is 8.04. The Kier molecular flexibility index (Phi) is 3.49. The largest absolute Gasteiger partial charge is 0.508 e. The fourth-order valence-electron chi connectivity index (χ4n) is 1.01. The van der Waals surface area contributed by atoms with Crippen molar-refractivity contribution in [1.29, 1.82) is 0 Å². The van der Waals surface area contributed by atoms with Gasteiger partial charge in [0.15, 0.2) is 0 Å². The molecule has 0 fully saturated rings. The van der Waals surface area contributed by atoms with Crippen LogP contribution in [0.3, 0.4) is 0 Å². The van der Waals surface area contributed by atoms with Crippen molar-refractivity contribution >= 4 is 17.6 Å². The molecule has 0 aliphatic heterocycles. The van der Waals surface area contributed by atoms with Gasteiger partial charge in [0.25, 0.3) is 0 Å². The molecule has 0 saturated heterocycles. The molecule has 0 amide bonds. The number of hydrogen-bond acceptors (Lipinski definition) is 4. The highest BCUT2D eigenvalue weighted by Gasteiger charge is 2.09. The summed E-state index contributed by atoms with van der Waals surface area (Å²) in [7, 11) is 0. The van der Waals surface area contributed by atoms with Gasteiger partial charge in [-0.2, -0.15) is 0 Å². The molecule has 16 heavy (non-hydrogen) atoms. The van der Waals surface area contributed by atoms with Crippen LogP contribution in [-0.4, -0.2) is 27.3 Å². The van der Waals surface area contributed by atoms with Gasteiger partial charge in [-0.25, -0.2) is 9.59 Å². The smallest absolute Gasteiger partial charge is 0.352 e. The second kappa shape index (κ2) is 4.83. The predicted octanol–water partition coefficient (Wildman–Crippen LogP) is 0.857. The van der Waals surface area contributed by atoms with E-state index in [4.69, 9.17) is 15.3 Å². The van der Waals surface area contributed by atoms with Crippen LogP contribution in [0.1, 0.15) is 0 Å². The van der Waals surface area contributed by atoms with Crippen molar-refractivity contribution in [3.05, 3.63) is 36.0 Å². The number of carboxylic acid groups (broad SMARTS) is 2. The number of anilines is 1. The highest BCUT2D eigenvalue weighted by atomic mass is 16.4. The number of phenols is 1. The summed E-state index contributed by atoms with van der Waals surface area (Å²) in [6.45, 7) is 0. The van der Waals surface area contributed by atoms with Crippen LogP contribution in [0.2, 0.25) is 0 Å². The first-order valence-electron chi connectivity index (χ1n) is 4.23. The summed E-state index contributed by atoms with van der Waals surface area (Å²) in [6, 6.07) is 5.68. The van der Waals surface area contributed by atoms with Crippen LogP contribution in [0.4, 0.5) is 5.69 Å². The van der Waals surface area contributed by atoms with Crippen LogP contribution < -0.4 is 5.32 Å². The Hall–Kier alpha value is -2.50. The quantitative estimate of drug-likeness (QED) is 0.564. The number of phenolic OH excluding ortho intramolecular Hbond substituents is 1. The molecular formula is C10H9NO5. The van der Waals surface area contributed by atoms with Crippen molar-refractivity contribution in [3.63, 3.8) is 0 Å². The average Bonchev–Trinajstić information content (AvgIpc) is 2.15. The van der Waals surface area contributed by atoms with Gasteiger partial charge in [-0.3, -0.25) is 0 Å². The summed E-state index contributed by atoms with van der Waals surface area (Å²) in [5.41, 5.74) is -0.201. The zero-order chi connectivity index (χ0) is 12.1. The van der Waals surface area contributed by atoms with Gasteiger partial charge in [-0.05, 0) is 12.1 Å². The summed E-state index contributed by atoms with van der Waals surface area (Å²) in [5, 5.41) is 28.6. The molecule has 84 valence electrons. The van der Waals surface area contributed by atoms with Gasteiger partial charge in [0, 0.05) is 11.8 Å². The lowest BCUT2D eigenvalue weighted by atomic mass is 10.3. The first kappa shape index (κ1) is 11.6. The highest BCUT2D eigenvalue weighted by Crippen LogP contribution is 2.17. The Balaban J connectivity index is 2.93. The van der Waals surface area contributed by atoms with Crippen molar-refractivity contribution in [1.82, 2.24) is 0 Å². The van der Waals surface area contributed by atoms with Gasteiger partial charge >= 0.3 is 11.9 Å². The number of aromatic hydroxyl groups is 1. The fourth-order valence-corrected chi connectivity index (χ4v) is 1.01. The van der Waals surface area contributed by atoms with Crippen LogP contribution >= 0.6 is 0 Å². The number of hydrogen-bond donors (Lipinski definition) is 4. The number of nitrogens with one attached hydrogen (secondary N) is 1. The lowest BCUT2D eigenvalue weighted by molar-refractivity contribution is -0.134. The maximum atomic E-state index is 10.7. The molecule has 1 rings (SSSR count). The second-order valence-corrected chi connectivity index (χ2v) is 2.88. The van der Waals surface area contributed by atoms with Crippen LogP contribution in [0.25, 0.3) is 0 Å². The first-order chi connectivity index (χ1) is 7.49. The van der Waals surface area contributed by atoms with E-state index in [1.54, 1.807) is 0 Å². The Bertz CT molecular complexity index is 452. The van der Waals surface area contributed by atoms with Crippen molar-refractivity contribution in [2.45, 2.75) is 0 Å². The van der Waals surface area contributed by atoms with E-state index in [0.29, 0.717) is 6.08 Å². The summed E-state index contributed by atoms with van der Waals surface area (Å²) >= 11 is 0. The van der Waals surface area contributed by atoms with Gasteiger partial charge in [0.05, 0.1) is 6.08 Å². The molecule has 0 atom stereocenters. The molecule has 0 unspecified atom stereocenters. The predicted molar refractivity (Wildman–Crippen MR) is 55.1 cm³/mol. The Labute approximate surface area is 90.5 Å². The standard InChI is InChI=1S/C10H9NO5/c12-7-3-1-2-6(4-7)11-8(10(15)16)5-9(13)14/h1-5,11-12H,(H,13,14)(H,15,16)/b8-5-. The molecule has 0 radical (unpaired) electrons. The van der Waals surface area contributed by atoms with E-state index in [1.807, 2.05) is 0 Å². The minimum atomic E-state index is -1.40. The Morgan fingerprint density at radius 2 is 1.94 bits per heavy atom. The topological polar surface area (TPSA) is 107 Å². The van der Waals surface area contributed by atoms with E-state index in [2.05, 4.69) is 5.32 Å². The second-order valence-electron chi connectivity index (χ2n) is 2.88. The Morgan fingerprint density at radius 1 is 1.25 bits per heavy atom. The maximum absolute atomic E-state index is 10.7. The molecule has 1 aromatic rings. The summed E-state index contributed by atoms with van der Waals surface area (Å²) < 4.78 is 0. The van der Waals surface area contributed by atoms with Gasteiger partial charge in [0.2, 0.25) is 0 Å². The van der Waals surface area contributed by atoms with E-state index in [0.717, 1.165) is 0 Å². The first-order valence-corrected chi connectivity index (χ1v) is 4.23. The molecule has 0 aliphatic rings. The molecule has 6 nitrogen and oxygen atoms in total. The molecule has 0 spiro atoms. The average molecular weight is 223 g/mol. The number of aliphatic carboxylic acids is 2. The van der Waals surface area contributed by atoms with Crippen molar-refractivity contribution in [2.24, 2.45) is 0 Å². The molecule has 4 N–H and O–H groups in total. The lowest BCUT2D eigenvalue weighted by Crippen LogP contribution is -2.12. The summed E-state index contributed by atoms with van der Waals surface area (Å²) in [4.78, 5) is 21.0. The SMILES string of the molecule is O=C(O)/C=C(\Nc1cccc(O)c1)C(=O)O. The highest BCUT2D eigenvalue weighted by molar-refractivity contribution is 5.97. The van der Waals surface area contributed by atoms with E-state index in [9.17, 15) is 9.59 Å². The number of carboxylic acids is 2. The number of rotatable bonds is 4. The third-order valence-corrected chi connectivity index (χ3v) is 1.62. The van der Waals surface area contributed by atoms with Gasteiger partial charge in [0.1, 0.15) is 11.4 Å². The van der Waals surface area contributed by atoms with Gasteiger partial charge in [-0.15, -0.1) is 0 Å². The summed E-state index contributed by atoms with van der Waals surface area (Å²) in [5.74, 6) is -2.82. The lowest BCUT2D eigenvalue weighted by Gasteiger charge is -2.06. The van der Waals surface area contributed by atoms with E-state index >= 15 is 0 Å². The molecular weight excluding hydrogens is 214 g/mol. The van der Waals surface area contributed by atoms with Crippen LogP contribution in [0.15, 0.2) is 36.0 Å². The van der Waals surface area contributed by atoms with Crippen LogP contribution in [0.5, 0.6) is 5.75 Å². The van der Waals surface area contributed by atoms with E-state index in [-0.39, 0.29) is 11.4 Å². The third-order valence-electron chi connectivity index (χ3n) is 1.62. The van der Waals surface area contributed by atoms with Crippen LogP contribution in [-0.2, 0) is 9.59 Å². The van der Waals surface area contributed by atoms with Crippen LogP contribution in [0, 0.1) is 0 Å². The van der Waals surface area contributed by atoms with E-state index in [1.165, 1.54) is 24.3 Å². The maximum Gasteiger partial charge on any atom is 0.352 e. The normalized spacial score (nSPS) is 10.9. The fraction of sp³-hybridized carbons (Fsp3) is 0. The molecule has 1 aromatic carbocycles. The number of carbonyl (C=O) groups is 2. The molecule has 0 saturated carbocycles. The van der Waals surface area contributed by atoms with Crippen molar-refractivity contribution in [2.75, 3.05) is 5.32 Å². The molecule has 0 bridgehead atoms. The molecule has 0 heterocycles. The van der Waals surface area contributed by atoms with Gasteiger partial charge in [-0.1, -0.05) is 6.07 Å². The summed E-state index contributed by atoms with van der Waals surface area (Å²) in [6.07, 6.45) is 0.534. The monoisotopic (exact) mass is 223 g/mol. The number of benzene rings is 1. The molecule has 6 heteroatoms. The van der Waals surface area contributed by atoms with Crippen molar-refractivity contribution in [3.8, 4) is 5.75 Å².